The highest BCUT2D eigenvalue weighted by atomic mass is 16.5. The van der Waals surface area contributed by atoms with Crippen LogP contribution < -0.4 is 5.32 Å². The van der Waals surface area contributed by atoms with Crippen LogP contribution in [0.4, 0.5) is 0 Å². The quantitative estimate of drug-likeness (QED) is 0.0321. The van der Waals surface area contributed by atoms with Crippen LogP contribution in [0, 0.1) is 0 Å². The van der Waals surface area contributed by atoms with E-state index in [0.29, 0.717) is 25.9 Å². The Labute approximate surface area is 412 Å². The van der Waals surface area contributed by atoms with Crippen LogP contribution in [0.2, 0.25) is 0 Å². The fourth-order valence-corrected chi connectivity index (χ4v) is 9.46. The van der Waals surface area contributed by atoms with Crippen LogP contribution in [0.1, 0.15) is 335 Å². The van der Waals surface area contributed by atoms with Crippen molar-refractivity contribution in [3.63, 3.8) is 0 Å². The maximum Gasteiger partial charge on any atom is 0.305 e. The Morgan fingerprint density at radius 3 is 1.08 bits per heavy atom. The summed E-state index contributed by atoms with van der Waals surface area (Å²) in [6.45, 7) is 4.96. The zero-order chi connectivity index (χ0) is 47.9. The second-order valence-corrected chi connectivity index (χ2v) is 20.7. The van der Waals surface area contributed by atoms with Gasteiger partial charge in [0, 0.05) is 12.8 Å². The molecule has 0 aromatic heterocycles. The first-order valence-corrected chi connectivity index (χ1v) is 29.9. The van der Waals surface area contributed by atoms with Gasteiger partial charge in [0.25, 0.3) is 0 Å². The molecule has 0 heterocycles. The Balaban J connectivity index is 3.41. The van der Waals surface area contributed by atoms with E-state index in [1.165, 1.54) is 257 Å². The van der Waals surface area contributed by atoms with Crippen molar-refractivity contribution in [2.45, 2.75) is 347 Å². The monoisotopic (exact) mass is 932 g/mol. The number of esters is 1. The normalized spacial score (nSPS) is 12.6. The smallest absolute Gasteiger partial charge is 0.305 e. The molecule has 0 fully saturated rings. The molecule has 0 radical (unpaired) electrons. The third-order valence-electron chi connectivity index (χ3n) is 14.1. The molecule has 2 atom stereocenters. The van der Waals surface area contributed by atoms with Crippen molar-refractivity contribution in [1.29, 1.82) is 0 Å². The molecule has 0 aliphatic carbocycles. The predicted octanol–water partition coefficient (Wildman–Crippen LogP) is 18.5. The van der Waals surface area contributed by atoms with Crippen molar-refractivity contribution >= 4 is 11.9 Å². The van der Waals surface area contributed by atoms with E-state index in [0.717, 1.165) is 44.9 Å². The van der Waals surface area contributed by atoms with E-state index in [2.05, 4.69) is 31.3 Å². The molecule has 0 spiro atoms. The number of unbranched alkanes of at least 4 members (excludes halogenated alkanes) is 43. The highest BCUT2D eigenvalue weighted by Gasteiger charge is 2.20. The van der Waals surface area contributed by atoms with Crippen LogP contribution in [0.3, 0.4) is 0 Å². The molecular weight excluding hydrogens is 815 g/mol. The Bertz CT molecular complexity index is 986. The fourth-order valence-electron chi connectivity index (χ4n) is 9.46. The molecule has 6 heteroatoms. The molecule has 0 aliphatic heterocycles. The summed E-state index contributed by atoms with van der Waals surface area (Å²) in [5.41, 5.74) is 0. The lowest BCUT2D eigenvalue weighted by molar-refractivity contribution is -0.143. The van der Waals surface area contributed by atoms with Gasteiger partial charge in [-0.25, -0.2) is 0 Å². The van der Waals surface area contributed by atoms with E-state index in [-0.39, 0.29) is 18.5 Å². The van der Waals surface area contributed by atoms with Gasteiger partial charge in [-0.2, -0.15) is 0 Å². The summed E-state index contributed by atoms with van der Waals surface area (Å²) in [5, 5.41) is 23.3. The van der Waals surface area contributed by atoms with Gasteiger partial charge in [0.1, 0.15) is 0 Å². The number of aliphatic hydroxyl groups is 2. The van der Waals surface area contributed by atoms with Crippen LogP contribution in [0.25, 0.3) is 0 Å². The Morgan fingerprint density at radius 2 is 0.712 bits per heavy atom. The first-order valence-electron chi connectivity index (χ1n) is 29.9. The highest BCUT2D eigenvalue weighted by molar-refractivity contribution is 5.76. The van der Waals surface area contributed by atoms with Crippen LogP contribution in [0.5, 0.6) is 0 Å². The van der Waals surface area contributed by atoms with Gasteiger partial charge in [0.15, 0.2) is 0 Å². The summed E-state index contributed by atoms with van der Waals surface area (Å²) in [6.07, 6.45) is 66.3. The maximum absolute atomic E-state index is 12.5. The molecule has 0 aromatic carbocycles. The Morgan fingerprint density at radius 1 is 0.409 bits per heavy atom. The molecule has 392 valence electrons. The lowest BCUT2D eigenvalue weighted by Gasteiger charge is -2.22. The molecule has 3 N–H and O–H groups in total. The number of carbonyl (C=O) groups excluding carboxylic acids is 2. The maximum atomic E-state index is 12.5. The lowest BCUT2D eigenvalue weighted by Crippen LogP contribution is -2.45. The van der Waals surface area contributed by atoms with Crippen molar-refractivity contribution in [2.75, 3.05) is 13.2 Å². The van der Waals surface area contributed by atoms with E-state index in [4.69, 9.17) is 4.74 Å². The Kier molecular flexibility index (Phi) is 55.0. The van der Waals surface area contributed by atoms with Crippen molar-refractivity contribution in [1.82, 2.24) is 5.32 Å². The largest absolute Gasteiger partial charge is 0.466 e. The molecule has 0 aliphatic rings. The van der Waals surface area contributed by atoms with Crippen molar-refractivity contribution in [2.24, 2.45) is 0 Å². The average Bonchev–Trinajstić information content (AvgIpc) is 3.32. The standard InChI is InChI=1S/C60H117NO5/c1-3-5-7-9-11-13-15-17-19-21-26-30-34-38-42-46-50-54-60(65)66-55-51-47-43-39-35-31-27-23-22-25-29-33-37-41-45-49-53-59(64)61-57(56-62)58(63)52-48-44-40-36-32-28-24-20-18-16-14-12-10-8-6-4-2/h17,19,57-58,62-63H,3-16,18,20-56H2,1-2H3,(H,61,64)/b19-17-. The number of carbonyl (C=O) groups is 2. The van der Waals surface area contributed by atoms with Gasteiger partial charge in [0.2, 0.25) is 5.91 Å². The first kappa shape index (κ1) is 64.6. The molecule has 1 amide bonds. The number of amides is 1. The van der Waals surface area contributed by atoms with E-state index in [9.17, 15) is 19.8 Å². The fraction of sp³-hybridized carbons (Fsp3) is 0.933. The lowest BCUT2D eigenvalue weighted by atomic mass is 10.0. The van der Waals surface area contributed by atoms with E-state index >= 15 is 0 Å². The molecule has 0 aromatic rings. The van der Waals surface area contributed by atoms with Crippen LogP contribution in [-0.4, -0.2) is 47.4 Å². The molecule has 0 bridgehead atoms. The minimum Gasteiger partial charge on any atom is -0.466 e. The highest BCUT2D eigenvalue weighted by Crippen LogP contribution is 2.18. The summed E-state index contributed by atoms with van der Waals surface area (Å²) in [4.78, 5) is 24.6. The Hall–Kier alpha value is -1.40. The molecule has 0 saturated carbocycles. The van der Waals surface area contributed by atoms with E-state index in [1.807, 2.05) is 0 Å². The molecular formula is C60H117NO5. The topological polar surface area (TPSA) is 95.9 Å². The van der Waals surface area contributed by atoms with Gasteiger partial charge in [0.05, 0.1) is 25.4 Å². The molecule has 66 heavy (non-hydrogen) atoms. The predicted molar refractivity (Wildman–Crippen MR) is 287 cm³/mol. The second kappa shape index (κ2) is 56.2. The zero-order valence-corrected chi connectivity index (χ0v) is 44.7. The number of ether oxygens (including phenoxy) is 1. The van der Waals surface area contributed by atoms with E-state index < -0.39 is 12.1 Å². The van der Waals surface area contributed by atoms with Crippen molar-refractivity contribution in [3.8, 4) is 0 Å². The number of nitrogens with one attached hydrogen (secondary N) is 1. The van der Waals surface area contributed by atoms with Gasteiger partial charge in [-0.1, -0.05) is 283 Å². The third kappa shape index (κ3) is 52.0. The number of hydrogen-bond donors (Lipinski definition) is 3. The SMILES string of the molecule is CCCCCCCC/C=C\CCCCCCCCCC(=O)OCCCCCCCCCCCCCCCCCCC(=O)NC(CO)C(O)CCCCCCCCCCCCCCCCCC. The summed E-state index contributed by atoms with van der Waals surface area (Å²) >= 11 is 0. The molecule has 2 unspecified atom stereocenters. The average molecular weight is 933 g/mol. The minimum atomic E-state index is -0.668. The first-order chi connectivity index (χ1) is 32.5. The third-order valence-corrected chi connectivity index (χ3v) is 14.1. The molecule has 0 rings (SSSR count). The summed E-state index contributed by atoms with van der Waals surface area (Å²) < 4.78 is 5.49. The summed E-state index contributed by atoms with van der Waals surface area (Å²) in [5.74, 6) is -0.0386. The van der Waals surface area contributed by atoms with E-state index in [1.54, 1.807) is 0 Å². The second-order valence-electron chi connectivity index (χ2n) is 20.7. The summed E-state index contributed by atoms with van der Waals surface area (Å²) in [7, 11) is 0. The van der Waals surface area contributed by atoms with Crippen LogP contribution >= 0.6 is 0 Å². The van der Waals surface area contributed by atoms with Crippen molar-refractivity contribution in [3.05, 3.63) is 12.2 Å². The summed E-state index contributed by atoms with van der Waals surface area (Å²) in [6, 6.07) is -0.546. The zero-order valence-electron chi connectivity index (χ0n) is 44.7. The molecule has 6 nitrogen and oxygen atoms in total. The number of aliphatic hydroxyl groups excluding tert-OH is 2. The van der Waals surface area contributed by atoms with Crippen molar-refractivity contribution < 1.29 is 24.5 Å². The molecule has 0 saturated heterocycles. The van der Waals surface area contributed by atoms with Gasteiger partial charge in [-0.05, 0) is 51.4 Å². The number of hydrogen-bond acceptors (Lipinski definition) is 5. The number of rotatable bonds is 56. The van der Waals surface area contributed by atoms with Gasteiger partial charge in [-0.3, -0.25) is 9.59 Å². The van der Waals surface area contributed by atoms with Gasteiger partial charge in [-0.15, -0.1) is 0 Å². The minimum absolute atomic E-state index is 0.000687. The van der Waals surface area contributed by atoms with Gasteiger partial charge < -0.3 is 20.3 Å². The van der Waals surface area contributed by atoms with Gasteiger partial charge >= 0.3 is 5.97 Å². The number of allylic oxidation sites excluding steroid dienone is 2. The van der Waals surface area contributed by atoms with Crippen LogP contribution in [-0.2, 0) is 14.3 Å². The van der Waals surface area contributed by atoms with Crippen LogP contribution in [0.15, 0.2) is 12.2 Å².